The fourth-order valence-electron chi connectivity index (χ4n) is 10.5. The smallest absolute Gasteiger partial charge is 0.418 e. The minimum atomic E-state index is -7.22. The Balaban J connectivity index is 0.000000181. The van der Waals surface area contributed by atoms with E-state index < -0.39 is 152 Å². The summed E-state index contributed by atoms with van der Waals surface area (Å²) in [6.07, 6.45) is -7.22. The maximum absolute atomic E-state index is 15.4. The first-order chi connectivity index (χ1) is 48.5. The van der Waals surface area contributed by atoms with Crippen LogP contribution in [-0.4, -0.2) is 13.4 Å². The molecule has 102 heavy (non-hydrogen) atoms. The van der Waals surface area contributed by atoms with Gasteiger partial charge in [0.15, 0.2) is 99.2 Å². The van der Waals surface area contributed by atoms with E-state index in [0.29, 0.717) is 0 Å². The van der Waals surface area contributed by atoms with Crippen LogP contribution in [0.1, 0.15) is 0 Å². The van der Waals surface area contributed by atoms with Crippen LogP contribution in [-0.2, 0) is 21.8 Å². The summed E-state index contributed by atoms with van der Waals surface area (Å²) in [4.78, 5) is 13.2. The predicted octanol–water partition coefficient (Wildman–Crippen LogP) is 21.0. The topological polar surface area (TPSA) is 0 Å². The fraction of sp³-hybridized carbons (Fsp3) is 0. The van der Waals surface area contributed by atoms with Gasteiger partial charge in [-0.15, -0.1) is 21.9 Å². The van der Waals surface area contributed by atoms with Crippen LogP contribution in [0.5, 0.6) is 0 Å². The van der Waals surface area contributed by atoms with E-state index >= 15 is 35.1 Å². The summed E-state index contributed by atoms with van der Waals surface area (Å²) in [5, 5.41) is 0. The van der Waals surface area contributed by atoms with Crippen LogP contribution < -0.4 is 21.9 Å². The van der Waals surface area contributed by atoms with E-state index in [9.17, 15) is 69.9 Å². The van der Waals surface area contributed by atoms with Gasteiger partial charge in [-0.2, -0.15) is 0 Å². The quantitative estimate of drug-likeness (QED) is 0.0350. The molecule has 0 radical (unpaired) electrons. The largest absolute Gasteiger partial charge is 0.673 e. The summed E-state index contributed by atoms with van der Waals surface area (Å²) in [5.74, 6) is -71.4. The molecule has 0 bridgehead atoms. The lowest BCUT2D eigenvalue weighted by atomic mass is 9.12. The highest BCUT2D eigenvalue weighted by molar-refractivity contribution is 7.99. The monoisotopic (exact) mass is 1510 g/mol. The predicted molar refractivity (Wildman–Crippen MR) is 344 cm³/mol. The highest BCUT2D eigenvalue weighted by atomic mass is 32.2. The third-order valence-corrected chi connectivity index (χ3v) is 21.2. The highest BCUT2D eigenvalue weighted by Gasteiger charge is 2.52. The minimum Gasteiger partial charge on any atom is -0.418 e. The minimum absolute atomic E-state index is 0.0786. The normalized spacial score (nSPS) is 11.4. The molecule has 0 aromatic heterocycles. The second-order valence-corrected chi connectivity index (χ2v) is 27.3. The Kier molecular flexibility index (Phi) is 24.9. The van der Waals surface area contributed by atoms with Crippen LogP contribution in [0.2, 0.25) is 0 Å². The van der Waals surface area contributed by atoms with Crippen LogP contribution in [0.3, 0.4) is 0 Å². The molecule has 0 nitrogen and oxygen atoms in total. The highest BCUT2D eigenvalue weighted by Crippen LogP contribution is 2.37. The molecule has 12 rings (SSSR count). The maximum Gasteiger partial charge on any atom is 0.673 e. The molecule has 0 unspecified atom stereocenters. The summed E-state index contributed by atoms with van der Waals surface area (Å²) in [5.41, 5.74) is -14.3. The third kappa shape index (κ3) is 16.4. The second kappa shape index (κ2) is 33.1. The first-order valence-corrected chi connectivity index (χ1v) is 33.0. The standard InChI is InChI=1S/C24BF20.2C24H19S2.BF4/c26-5-1(6(27)14(35)21(42)13(5)34)25(2-7(28)15(36)22(43)16(37)8(2)29,3-9(30)17(38)23(44)18(39)10(3)31)4-11(32)19(40)24(45)20(41)12(4)33;2*1-4-10-20(11-5-1)25-21-16-18-24(19-17-21)26(22-12-6-2-7-13-22)23-14-8-3-9-15-23;2-1(3,4)5/h;2*1-19H;/q-1;2*+1;-1. The van der Waals surface area contributed by atoms with Gasteiger partial charge in [0.05, 0.1) is 21.8 Å². The van der Waals surface area contributed by atoms with Gasteiger partial charge in [0.2, 0.25) is 0 Å². The van der Waals surface area contributed by atoms with Crippen molar-refractivity contribution < 1.29 is 105 Å². The molecular formula is C72H38B2F24S4. The SMILES string of the molecule is F[B-](F)(F)F.Fc1c(F)c(F)c([B-](c2c(F)c(F)c(F)c(F)c2F)(c2c(F)c(F)c(F)c(F)c2F)c2c(F)c(F)c(F)c(F)c2F)c(F)c1F.c1ccc(Sc2ccc([S+](c3ccccc3)c3ccccc3)cc2)cc1.c1ccc(Sc2ccc([S+](c3ccccc3)c3ccccc3)cc2)cc1. The number of hydrogen-bond acceptors (Lipinski definition) is 2. The van der Waals surface area contributed by atoms with E-state index in [0.717, 1.165) is 0 Å². The van der Waals surface area contributed by atoms with Gasteiger partial charge in [-0.3, -0.25) is 0 Å². The second-order valence-electron chi connectivity index (χ2n) is 20.9. The van der Waals surface area contributed by atoms with Gasteiger partial charge in [-0.25, -0.2) is 87.8 Å². The van der Waals surface area contributed by atoms with Crippen molar-refractivity contribution in [3.05, 3.63) is 347 Å². The summed E-state index contributed by atoms with van der Waals surface area (Å²) in [6, 6.07) is 82.2. The molecular weight excluding hydrogens is 1470 g/mol. The Morgan fingerprint density at radius 2 is 0.314 bits per heavy atom. The van der Waals surface area contributed by atoms with Crippen molar-refractivity contribution in [3.63, 3.8) is 0 Å². The molecule has 0 N–H and O–H groups in total. The van der Waals surface area contributed by atoms with E-state index in [1.54, 1.807) is 23.5 Å². The zero-order valence-electron chi connectivity index (χ0n) is 50.8. The lowest BCUT2D eigenvalue weighted by Gasteiger charge is -2.44. The van der Waals surface area contributed by atoms with Crippen molar-refractivity contribution in [2.24, 2.45) is 0 Å². The first kappa shape index (κ1) is 76.7. The number of halogens is 24. The Morgan fingerprint density at radius 1 is 0.176 bits per heavy atom. The van der Waals surface area contributed by atoms with E-state index in [4.69, 9.17) is 0 Å². The van der Waals surface area contributed by atoms with Crippen LogP contribution in [0, 0.1) is 116 Å². The van der Waals surface area contributed by atoms with Gasteiger partial charge in [0.1, 0.15) is 52.7 Å². The molecule has 0 heterocycles. The zero-order valence-corrected chi connectivity index (χ0v) is 54.1. The zero-order chi connectivity index (χ0) is 74.1. The van der Waals surface area contributed by atoms with Crippen LogP contribution >= 0.6 is 23.5 Å². The molecule has 524 valence electrons. The van der Waals surface area contributed by atoms with Crippen molar-refractivity contribution >= 4 is 80.6 Å². The van der Waals surface area contributed by atoms with Crippen LogP contribution in [0.25, 0.3) is 0 Å². The lowest BCUT2D eigenvalue weighted by molar-refractivity contribution is 0.368. The number of benzene rings is 12. The molecule has 0 atom stereocenters. The Hall–Kier alpha value is -9.51. The van der Waals surface area contributed by atoms with Crippen molar-refractivity contribution in [3.8, 4) is 0 Å². The summed E-state index contributed by atoms with van der Waals surface area (Å²) in [7, 11) is -6.16. The van der Waals surface area contributed by atoms with Gasteiger partial charge >= 0.3 is 7.25 Å². The molecule has 0 aliphatic carbocycles. The molecule has 0 saturated carbocycles. The van der Waals surface area contributed by atoms with Gasteiger partial charge in [0, 0.05) is 19.6 Å². The molecule has 0 amide bonds. The third-order valence-electron chi connectivity index (χ3n) is 14.7. The van der Waals surface area contributed by atoms with E-state index in [1.807, 2.05) is 0 Å². The molecule has 12 aromatic carbocycles. The maximum atomic E-state index is 15.4. The van der Waals surface area contributed by atoms with Crippen LogP contribution in [0.15, 0.2) is 279 Å². The molecule has 0 aliphatic heterocycles. The molecule has 12 aromatic rings. The Labute approximate surface area is 578 Å². The Morgan fingerprint density at radius 3 is 0.490 bits per heavy atom. The first-order valence-electron chi connectivity index (χ1n) is 29.0. The average molecular weight is 1510 g/mol. The lowest BCUT2D eigenvalue weighted by Crippen LogP contribution is -2.81. The molecule has 0 aliphatic rings. The van der Waals surface area contributed by atoms with Crippen molar-refractivity contribution in [2.75, 3.05) is 0 Å². The summed E-state index contributed by atoms with van der Waals surface area (Å²) >= 11 is 3.61. The van der Waals surface area contributed by atoms with Crippen LogP contribution in [0.4, 0.5) is 105 Å². The molecule has 0 saturated heterocycles. The van der Waals surface area contributed by atoms with Gasteiger partial charge in [-0.1, -0.05) is 133 Å². The van der Waals surface area contributed by atoms with E-state index in [2.05, 4.69) is 231 Å². The number of hydrogen-bond donors (Lipinski definition) is 0. The molecule has 0 fully saturated rings. The van der Waals surface area contributed by atoms with E-state index in [-0.39, 0.29) is 21.8 Å². The van der Waals surface area contributed by atoms with Crippen molar-refractivity contribution in [1.29, 1.82) is 0 Å². The molecule has 30 heteroatoms. The summed E-state index contributed by atoms with van der Waals surface area (Å²) in [6.45, 7) is 0. The van der Waals surface area contributed by atoms with Gasteiger partial charge in [-0.05, 0) is 121 Å². The average Bonchev–Trinajstić information content (AvgIpc) is 0.681. The fourth-order valence-corrected chi connectivity index (χ4v) is 16.3. The van der Waals surface area contributed by atoms with E-state index in [1.165, 1.54) is 49.0 Å². The molecule has 0 spiro atoms. The van der Waals surface area contributed by atoms with Crippen molar-refractivity contribution in [1.82, 2.24) is 0 Å². The van der Waals surface area contributed by atoms with Gasteiger partial charge < -0.3 is 17.3 Å². The number of rotatable bonds is 14. The Bertz CT molecular complexity index is 4270. The summed E-state index contributed by atoms with van der Waals surface area (Å²) < 4.78 is 333. The van der Waals surface area contributed by atoms with Crippen molar-refractivity contribution in [2.45, 2.75) is 49.0 Å². The van der Waals surface area contributed by atoms with Gasteiger partial charge in [0.25, 0.3) is 0 Å².